The standard InChI is InChI=1S/C22H28BrNO2/c1-2-25-21-14-18(15-24-19-11-7-4-8-12-19)13-20(23)22(21)26-16-17-9-5-3-6-10-17/h3,5-6,9-10,13-14,19,24H,2,4,7-8,11-12,15-16H2,1H3. The molecule has 0 saturated heterocycles. The minimum absolute atomic E-state index is 0.527. The van der Waals surface area contributed by atoms with E-state index in [4.69, 9.17) is 9.47 Å². The van der Waals surface area contributed by atoms with Gasteiger partial charge in [-0.1, -0.05) is 49.6 Å². The van der Waals surface area contributed by atoms with Crippen LogP contribution in [0.1, 0.15) is 50.2 Å². The molecule has 0 bridgehead atoms. The van der Waals surface area contributed by atoms with E-state index in [0.29, 0.717) is 19.3 Å². The third-order valence-electron chi connectivity index (χ3n) is 4.80. The molecule has 0 amide bonds. The van der Waals surface area contributed by atoms with Crippen molar-refractivity contribution in [2.24, 2.45) is 0 Å². The van der Waals surface area contributed by atoms with Gasteiger partial charge in [-0.2, -0.15) is 0 Å². The third kappa shape index (κ3) is 5.49. The molecule has 0 spiro atoms. The first kappa shape index (κ1) is 19.2. The number of rotatable bonds is 8. The molecule has 1 N–H and O–H groups in total. The lowest BCUT2D eigenvalue weighted by molar-refractivity contribution is 0.267. The van der Waals surface area contributed by atoms with E-state index in [-0.39, 0.29) is 0 Å². The van der Waals surface area contributed by atoms with Gasteiger partial charge in [0.2, 0.25) is 0 Å². The quantitative estimate of drug-likeness (QED) is 0.584. The maximum Gasteiger partial charge on any atom is 0.175 e. The maximum absolute atomic E-state index is 6.06. The molecule has 1 aliphatic rings. The zero-order chi connectivity index (χ0) is 18.2. The summed E-state index contributed by atoms with van der Waals surface area (Å²) in [6.45, 7) is 4.01. The second kappa shape index (κ2) is 9.98. The molecule has 26 heavy (non-hydrogen) atoms. The lowest BCUT2D eigenvalue weighted by atomic mass is 9.95. The van der Waals surface area contributed by atoms with Gasteiger partial charge in [0.25, 0.3) is 0 Å². The lowest BCUT2D eigenvalue weighted by Crippen LogP contribution is -2.30. The van der Waals surface area contributed by atoms with Crippen LogP contribution in [-0.2, 0) is 13.2 Å². The van der Waals surface area contributed by atoms with E-state index < -0.39 is 0 Å². The molecule has 0 unspecified atom stereocenters. The van der Waals surface area contributed by atoms with Crippen molar-refractivity contribution in [1.29, 1.82) is 0 Å². The molecule has 3 nitrogen and oxygen atoms in total. The average Bonchev–Trinajstić information content (AvgIpc) is 2.67. The van der Waals surface area contributed by atoms with Gasteiger partial charge in [0, 0.05) is 12.6 Å². The molecule has 2 aromatic carbocycles. The Balaban J connectivity index is 1.68. The molecule has 0 heterocycles. The minimum atomic E-state index is 0.527. The highest BCUT2D eigenvalue weighted by Crippen LogP contribution is 2.37. The average molecular weight is 418 g/mol. The van der Waals surface area contributed by atoms with Crippen LogP contribution in [-0.4, -0.2) is 12.6 Å². The second-order valence-corrected chi connectivity index (χ2v) is 7.68. The first-order chi connectivity index (χ1) is 12.8. The van der Waals surface area contributed by atoms with Crippen LogP contribution in [0.2, 0.25) is 0 Å². The Bertz CT molecular complexity index is 684. The van der Waals surface area contributed by atoms with Gasteiger partial charge in [0.05, 0.1) is 11.1 Å². The molecule has 0 radical (unpaired) electrons. The Labute approximate surface area is 165 Å². The highest BCUT2D eigenvalue weighted by atomic mass is 79.9. The van der Waals surface area contributed by atoms with Gasteiger partial charge in [0.1, 0.15) is 6.61 Å². The van der Waals surface area contributed by atoms with E-state index in [1.807, 2.05) is 25.1 Å². The molecule has 0 aliphatic heterocycles. The summed E-state index contributed by atoms with van der Waals surface area (Å²) in [6, 6.07) is 15.1. The largest absolute Gasteiger partial charge is 0.490 e. The van der Waals surface area contributed by atoms with E-state index in [9.17, 15) is 0 Å². The van der Waals surface area contributed by atoms with Crippen LogP contribution in [0.4, 0.5) is 0 Å². The predicted molar refractivity (Wildman–Crippen MR) is 110 cm³/mol. The van der Waals surface area contributed by atoms with Gasteiger partial charge in [-0.15, -0.1) is 0 Å². The number of benzene rings is 2. The Hall–Kier alpha value is -1.52. The smallest absolute Gasteiger partial charge is 0.175 e. The van der Waals surface area contributed by atoms with Crippen molar-refractivity contribution >= 4 is 15.9 Å². The molecular formula is C22H28BrNO2. The first-order valence-electron chi connectivity index (χ1n) is 9.61. The van der Waals surface area contributed by atoms with E-state index in [1.165, 1.54) is 37.7 Å². The van der Waals surface area contributed by atoms with Gasteiger partial charge >= 0.3 is 0 Å². The fourth-order valence-corrected chi connectivity index (χ4v) is 4.03. The second-order valence-electron chi connectivity index (χ2n) is 6.83. The van der Waals surface area contributed by atoms with Gasteiger partial charge in [-0.25, -0.2) is 0 Å². The highest BCUT2D eigenvalue weighted by Gasteiger charge is 2.15. The van der Waals surface area contributed by atoms with Crippen molar-refractivity contribution in [2.75, 3.05) is 6.61 Å². The molecule has 0 atom stereocenters. The van der Waals surface area contributed by atoms with E-state index in [0.717, 1.165) is 28.1 Å². The summed E-state index contributed by atoms with van der Waals surface area (Å²) in [4.78, 5) is 0. The molecule has 1 aliphatic carbocycles. The summed E-state index contributed by atoms with van der Waals surface area (Å²) >= 11 is 3.67. The molecule has 0 aromatic heterocycles. The number of hydrogen-bond acceptors (Lipinski definition) is 3. The molecule has 3 rings (SSSR count). The Morgan fingerprint density at radius 3 is 2.50 bits per heavy atom. The monoisotopic (exact) mass is 417 g/mol. The molecule has 140 valence electrons. The normalized spacial score (nSPS) is 15.0. The number of hydrogen-bond donors (Lipinski definition) is 1. The Morgan fingerprint density at radius 1 is 1.00 bits per heavy atom. The first-order valence-corrected chi connectivity index (χ1v) is 10.4. The Morgan fingerprint density at radius 2 is 1.77 bits per heavy atom. The highest BCUT2D eigenvalue weighted by molar-refractivity contribution is 9.10. The number of ether oxygens (including phenoxy) is 2. The van der Waals surface area contributed by atoms with Gasteiger partial charge in [-0.3, -0.25) is 0 Å². The lowest BCUT2D eigenvalue weighted by Gasteiger charge is -2.23. The number of halogens is 1. The van der Waals surface area contributed by atoms with Crippen molar-refractivity contribution in [3.63, 3.8) is 0 Å². The maximum atomic E-state index is 6.06. The zero-order valence-electron chi connectivity index (χ0n) is 15.5. The van der Waals surface area contributed by atoms with Crippen molar-refractivity contribution in [3.05, 3.63) is 58.1 Å². The molecule has 1 saturated carbocycles. The topological polar surface area (TPSA) is 30.5 Å². The van der Waals surface area contributed by atoms with Crippen LogP contribution in [0.5, 0.6) is 11.5 Å². The van der Waals surface area contributed by atoms with Crippen LogP contribution in [0.3, 0.4) is 0 Å². The van der Waals surface area contributed by atoms with Crippen molar-refractivity contribution in [2.45, 2.75) is 58.2 Å². The molecule has 4 heteroatoms. The van der Waals surface area contributed by atoms with E-state index >= 15 is 0 Å². The Kier molecular flexibility index (Phi) is 7.39. The SMILES string of the molecule is CCOc1cc(CNC2CCCCC2)cc(Br)c1OCc1ccccc1. The van der Waals surface area contributed by atoms with Crippen molar-refractivity contribution in [3.8, 4) is 11.5 Å². The summed E-state index contributed by atoms with van der Waals surface area (Å²) in [6.07, 6.45) is 6.65. The van der Waals surface area contributed by atoms with Crippen LogP contribution in [0.15, 0.2) is 46.9 Å². The van der Waals surface area contributed by atoms with Crippen molar-refractivity contribution in [1.82, 2.24) is 5.32 Å². The van der Waals surface area contributed by atoms with Gasteiger partial charge < -0.3 is 14.8 Å². The van der Waals surface area contributed by atoms with Gasteiger partial charge in [0.15, 0.2) is 11.5 Å². The van der Waals surface area contributed by atoms with Crippen LogP contribution in [0, 0.1) is 0 Å². The van der Waals surface area contributed by atoms with Crippen LogP contribution < -0.4 is 14.8 Å². The predicted octanol–water partition coefficient (Wildman–Crippen LogP) is 5.85. The summed E-state index contributed by atoms with van der Waals surface area (Å²) in [5.41, 5.74) is 2.36. The fourth-order valence-electron chi connectivity index (χ4n) is 3.43. The van der Waals surface area contributed by atoms with Crippen LogP contribution in [0.25, 0.3) is 0 Å². The van der Waals surface area contributed by atoms with E-state index in [2.05, 4.69) is 45.5 Å². The number of nitrogens with one attached hydrogen (secondary N) is 1. The van der Waals surface area contributed by atoms with Crippen LogP contribution >= 0.6 is 15.9 Å². The summed E-state index contributed by atoms with van der Waals surface area (Å²) in [5, 5.41) is 3.69. The summed E-state index contributed by atoms with van der Waals surface area (Å²) in [5.74, 6) is 1.58. The summed E-state index contributed by atoms with van der Waals surface area (Å²) in [7, 11) is 0. The third-order valence-corrected chi connectivity index (χ3v) is 5.38. The van der Waals surface area contributed by atoms with E-state index in [1.54, 1.807) is 0 Å². The summed E-state index contributed by atoms with van der Waals surface area (Å²) < 4.78 is 12.9. The molecular weight excluding hydrogens is 390 g/mol. The van der Waals surface area contributed by atoms with Crippen molar-refractivity contribution < 1.29 is 9.47 Å². The zero-order valence-corrected chi connectivity index (χ0v) is 17.1. The van der Waals surface area contributed by atoms with Gasteiger partial charge in [-0.05, 0) is 59.0 Å². The molecule has 2 aromatic rings. The minimum Gasteiger partial charge on any atom is -0.490 e. The fraction of sp³-hybridized carbons (Fsp3) is 0.455. The molecule has 1 fully saturated rings.